The lowest BCUT2D eigenvalue weighted by atomic mass is 9.94. The zero-order chi connectivity index (χ0) is 18.3. The third-order valence-electron chi connectivity index (χ3n) is 4.11. The third kappa shape index (κ3) is 3.02. The van der Waals surface area contributed by atoms with Crippen molar-refractivity contribution in [2.24, 2.45) is 0 Å². The minimum Gasteiger partial charge on any atom is -0.207 e. The van der Waals surface area contributed by atoms with E-state index in [4.69, 9.17) is 0 Å². The van der Waals surface area contributed by atoms with Crippen molar-refractivity contribution >= 4 is 0 Å². The Labute approximate surface area is 141 Å². The molecule has 3 rings (SSSR count). The summed E-state index contributed by atoms with van der Waals surface area (Å²) in [6, 6.07) is 7.77. The summed E-state index contributed by atoms with van der Waals surface area (Å²) in [6.07, 6.45) is 0. The molecular formula is C20H13F5. The van der Waals surface area contributed by atoms with Gasteiger partial charge in [0.05, 0.1) is 5.56 Å². The van der Waals surface area contributed by atoms with Gasteiger partial charge in [-0.1, -0.05) is 12.1 Å². The van der Waals surface area contributed by atoms with Crippen LogP contribution in [-0.4, -0.2) is 0 Å². The first-order valence-electron chi connectivity index (χ1n) is 7.50. The molecule has 0 aromatic heterocycles. The molecule has 0 N–H and O–H groups in total. The molecule has 0 spiro atoms. The second-order valence-corrected chi connectivity index (χ2v) is 5.81. The molecule has 0 aliphatic heterocycles. The van der Waals surface area contributed by atoms with Crippen molar-refractivity contribution in [3.63, 3.8) is 0 Å². The summed E-state index contributed by atoms with van der Waals surface area (Å²) >= 11 is 0. The number of rotatable bonds is 2. The van der Waals surface area contributed by atoms with Crippen molar-refractivity contribution < 1.29 is 22.0 Å². The predicted octanol–water partition coefficient (Wildman–Crippen LogP) is 6.33. The molecule has 0 radical (unpaired) electrons. The minimum atomic E-state index is -0.820. The number of hydrogen-bond donors (Lipinski definition) is 0. The second-order valence-electron chi connectivity index (χ2n) is 5.81. The van der Waals surface area contributed by atoms with Crippen LogP contribution in [0.1, 0.15) is 11.1 Å². The van der Waals surface area contributed by atoms with Crippen LogP contribution in [0.3, 0.4) is 0 Å². The highest BCUT2D eigenvalue weighted by Crippen LogP contribution is 2.34. The fourth-order valence-corrected chi connectivity index (χ4v) is 2.82. The molecule has 0 saturated carbocycles. The Bertz CT molecular complexity index is 910. The van der Waals surface area contributed by atoms with E-state index in [2.05, 4.69) is 0 Å². The Morgan fingerprint density at radius 2 is 1.04 bits per heavy atom. The summed E-state index contributed by atoms with van der Waals surface area (Å²) in [5.74, 6) is -4.05. The Morgan fingerprint density at radius 1 is 0.560 bits per heavy atom. The van der Waals surface area contributed by atoms with Crippen molar-refractivity contribution in [1.82, 2.24) is 0 Å². The van der Waals surface area contributed by atoms with Crippen LogP contribution in [0.4, 0.5) is 22.0 Å². The Kier molecular flexibility index (Phi) is 4.33. The molecule has 25 heavy (non-hydrogen) atoms. The van der Waals surface area contributed by atoms with E-state index in [1.165, 1.54) is 26.0 Å². The lowest BCUT2D eigenvalue weighted by Gasteiger charge is -2.13. The molecule has 0 amide bonds. The second kappa shape index (κ2) is 6.31. The number of halogens is 5. The van der Waals surface area contributed by atoms with E-state index in [1.807, 2.05) is 0 Å². The highest BCUT2D eigenvalue weighted by molar-refractivity contribution is 5.75. The van der Waals surface area contributed by atoms with E-state index in [0.717, 1.165) is 30.3 Å². The molecule has 3 aromatic rings. The molecule has 128 valence electrons. The Hall–Kier alpha value is -2.69. The molecule has 0 saturated heterocycles. The summed E-state index contributed by atoms with van der Waals surface area (Å²) in [6.45, 7) is 2.79. The number of aryl methyl sites for hydroxylation is 1. The predicted molar refractivity (Wildman–Crippen MR) is 86.6 cm³/mol. The molecular weight excluding hydrogens is 335 g/mol. The standard InChI is InChI=1S/C20H13F5/c1-10-6-12(20-14(21)4-3-5-15(20)22)9-18(25)19(10)13-7-16(23)11(2)17(24)8-13/h3-9H,1-2H3. The smallest absolute Gasteiger partial charge is 0.133 e. The van der Waals surface area contributed by atoms with E-state index in [-0.39, 0.29) is 27.8 Å². The molecule has 5 heteroatoms. The molecule has 0 unspecified atom stereocenters. The van der Waals surface area contributed by atoms with Gasteiger partial charge in [-0.15, -0.1) is 0 Å². The van der Waals surface area contributed by atoms with Gasteiger partial charge >= 0.3 is 0 Å². The van der Waals surface area contributed by atoms with Crippen LogP contribution >= 0.6 is 0 Å². The summed E-state index contributed by atoms with van der Waals surface area (Å²) in [7, 11) is 0. The quantitative estimate of drug-likeness (QED) is 0.475. The first-order valence-corrected chi connectivity index (χ1v) is 7.50. The van der Waals surface area contributed by atoms with Gasteiger partial charge in [0.2, 0.25) is 0 Å². The van der Waals surface area contributed by atoms with E-state index >= 15 is 0 Å². The van der Waals surface area contributed by atoms with Crippen molar-refractivity contribution in [2.75, 3.05) is 0 Å². The summed E-state index contributed by atoms with van der Waals surface area (Å²) in [5.41, 5.74) is -0.179. The van der Waals surface area contributed by atoms with Gasteiger partial charge in [-0.05, 0) is 60.9 Å². The molecule has 0 bridgehead atoms. The molecule has 0 aliphatic carbocycles. The minimum absolute atomic E-state index is 0.0155. The lowest BCUT2D eigenvalue weighted by molar-refractivity contribution is 0.568. The van der Waals surface area contributed by atoms with Crippen LogP contribution in [0.25, 0.3) is 22.3 Å². The molecule has 0 nitrogen and oxygen atoms in total. The van der Waals surface area contributed by atoms with Gasteiger partial charge in [0.15, 0.2) is 0 Å². The van der Waals surface area contributed by atoms with Gasteiger partial charge in [0, 0.05) is 11.1 Å². The van der Waals surface area contributed by atoms with Gasteiger partial charge in [-0.3, -0.25) is 0 Å². The summed E-state index contributed by atoms with van der Waals surface area (Å²) in [4.78, 5) is 0. The fraction of sp³-hybridized carbons (Fsp3) is 0.100. The topological polar surface area (TPSA) is 0 Å². The average Bonchev–Trinajstić information content (AvgIpc) is 2.51. The van der Waals surface area contributed by atoms with Crippen LogP contribution in [0.5, 0.6) is 0 Å². The SMILES string of the molecule is Cc1cc(-c2c(F)cccc2F)cc(F)c1-c1cc(F)c(C)c(F)c1. The molecule has 0 fully saturated rings. The van der Waals surface area contributed by atoms with Crippen LogP contribution in [0.2, 0.25) is 0 Å². The van der Waals surface area contributed by atoms with Crippen LogP contribution in [0, 0.1) is 42.9 Å². The largest absolute Gasteiger partial charge is 0.207 e. The normalized spacial score (nSPS) is 11.0. The van der Waals surface area contributed by atoms with Crippen molar-refractivity contribution in [3.8, 4) is 22.3 Å². The first kappa shape index (κ1) is 17.1. The van der Waals surface area contributed by atoms with Gasteiger partial charge < -0.3 is 0 Å². The molecule has 0 aliphatic rings. The van der Waals surface area contributed by atoms with Crippen LogP contribution in [-0.2, 0) is 0 Å². The maximum atomic E-state index is 14.6. The molecule has 3 aromatic carbocycles. The first-order chi connectivity index (χ1) is 11.8. The van der Waals surface area contributed by atoms with Crippen molar-refractivity contribution in [2.45, 2.75) is 13.8 Å². The van der Waals surface area contributed by atoms with Crippen molar-refractivity contribution in [1.29, 1.82) is 0 Å². The number of hydrogen-bond acceptors (Lipinski definition) is 0. The third-order valence-corrected chi connectivity index (χ3v) is 4.11. The zero-order valence-corrected chi connectivity index (χ0v) is 13.4. The maximum Gasteiger partial charge on any atom is 0.133 e. The van der Waals surface area contributed by atoms with E-state index in [1.54, 1.807) is 0 Å². The van der Waals surface area contributed by atoms with E-state index < -0.39 is 29.1 Å². The molecule has 0 atom stereocenters. The Morgan fingerprint density at radius 3 is 1.56 bits per heavy atom. The molecule has 0 heterocycles. The monoisotopic (exact) mass is 348 g/mol. The summed E-state index contributed by atoms with van der Waals surface area (Å²) < 4.78 is 70.0. The van der Waals surface area contributed by atoms with E-state index in [9.17, 15) is 22.0 Å². The summed E-state index contributed by atoms with van der Waals surface area (Å²) in [5, 5.41) is 0. The maximum absolute atomic E-state index is 14.6. The van der Waals surface area contributed by atoms with Gasteiger partial charge in [0.25, 0.3) is 0 Å². The van der Waals surface area contributed by atoms with Crippen molar-refractivity contribution in [3.05, 3.63) is 82.7 Å². The lowest BCUT2D eigenvalue weighted by Crippen LogP contribution is -1.97. The zero-order valence-electron chi connectivity index (χ0n) is 13.4. The van der Waals surface area contributed by atoms with Crippen LogP contribution < -0.4 is 0 Å². The fourth-order valence-electron chi connectivity index (χ4n) is 2.82. The van der Waals surface area contributed by atoms with Gasteiger partial charge in [-0.25, -0.2) is 22.0 Å². The van der Waals surface area contributed by atoms with Crippen LogP contribution in [0.15, 0.2) is 42.5 Å². The average molecular weight is 348 g/mol. The number of benzene rings is 3. The Balaban J connectivity index is 2.20. The van der Waals surface area contributed by atoms with Gasteiger partial charge in [0.1, 0.15) is 29.1 Å². The van der Waals surface area contributed by atoms with Gasteiger partial charge in [-0.2, -0.15) is 0 Å². The van der Waals surface area contributed by atoms with E-state index in [0.29, 0.717) is 5.56 Å². The highest BCUT2D eigenvalue weighted by Gasteiger charge is 2.18. The highest BCUT2D eigenvalue weighted by atomic mass is 19.1.